The van der Waals surface area contributed by atoms with Gasteiger partial charge in [-0.1, -0.05) is 66.8 Å². The maximum absolute atomic E-state index is 2.66. The summed E-state index contributed by atoms with van der Waals surface area (Å²) >= 11 is 0. The van der Waals surface area contributed by atoms with Crippen LogP contribution in [-0.2, 0) is 0 Å². The first kappa shape index (κ1) is 9.39. The molecule has 1 fully saturated rings. The Kier molecular flexibility index (Phi) is 1.07. The maximum Gasteiger partial charge on any atom is 0.0253 e. The maximum atomic E-state index is 2.66. The number of hydrogen-bond acceptors (Lipinski definition) is 0. The van der Waals surface area contributed by atoms with Crippen molar-refractivity contribution in [1.82, 2.24) is 0 Å². The molecule has 7 aliphatic carbocycles. The summed E-state index contributed by atoms with van der Waals surface area (Å²) in [5, 5.41) is 0. The molecule has 0 aromatic rings. The molecule has 2 spiro atoms. The molecule has 0 aromatic heterocycles. The molecule has 0 heteroatoms. The van der Waals surface area contributed by atoms with E-state index in [9.17, 15) is 0 Å². The van der Waals surface area contributed by atoms with Gasteiger partial charge in [0.05, 0.1) is 0 Å². The Morgan fingerprint density at radius 2 is 1.45 bits per heavy atom. The molecular formula is C20H16. The first-order chi connectivity index (χ1) is 9.85. The van der Waals surface area contributed by atoms with Gasteiger partial charge in [0.25, 0.3) is 0 Å². The predicted molar refractivity (Wildman–Crippen MR) is 78.5 cm³/mol. The first-order valence-electron chi connectivity index (χ1n) is 8.01. The van der Waals surface area contributed by atoms with Crippen LogP contribution in [0.4, 0.5) is 0 Å². The zero-order valence-electron chi connectivity index (χ0n) is 11.2. The quantitative estimate of drug-likeness (QED) is 0.578. The van der Waals surface area contributed by atoms with Gasteiger partial charge in [0, 0.05) is 34.0 Å². The van der Waals surface area contributed by atoms with Gasteiger partial charge in [0.1, 0.15) is 0 Å². The van der Waals surface area contributed by atoms with Crippen LogP contribution in [-0.4, -0.2) is 0 Å². The molecule has 2 bridgehead atoms. The van der Waals surface area contributed by atoms with E-state index in [2.05, 4.69) is 66.8 Å². The summed E-state index contributed by atoms with van der Waals surface area (Å²) < 4.78 is 0. The minimum Gasteiger partial charge on any atom is -0.0832 e. The minimum absolute atomic E-state index is 0.288. The molecule has 0 heterocycles. The van der Waals surface area contributed by atoms with Gasteiger partial charge in [-0.15, -0.1) is 0 Å². The van der Waals surface area contributed by atoms with Crippen molar-refractivity contribution in [2.75, 3.05) is 0 Å². The van der Waals surface area contributed by atoms with Crippen molar-refractivity contribution >= 4 is 0 Å². The summed E-state index contributed by atoms with van der Waals surface area (Å²) in [4.78, 5) is 0. The molecule has 7 rings (SSSR count). The van der Waals surface area contributed by atoms with Gasteiger partial charge >= 0.3 is 0 Å². The molecule has 7 aliphatic rings. The smallest absolute Gasteiger partial charge is 0.0253 e. The second kappa shape index (κ2) is 2.28. The van der Waals surface area contributed by atoms with Gasteiger partial charge in [-0.25, -0.2) is 0 Å². The highest BCUT2D eigenvalue weighted by Crippen LogP contribution is 2.89. The van der Waals surface area contributed by atoms with E-state index in [4.69, 9.17) is 0 Å². The van der Waals surface area contributed by atoms with Gasteiger partial charge < -0.3 is 0 Å². The fourth-order valence-corrected chi connectivity index (χ4v) is 7.82. The van der Waals surface area contributed by atoms with Crippen molar-refractivity contribution in [1.29, 1.82) is 0 Å². The molecule has 6 atom stereocenters. The molecule has 20 heavy (non-hydrogen) atoms. The molecule has 0 N–H and O–H groups in total. The highest BCUT2D eigenvalue weighted by atomic mass is 14.9. The zero-order valence-corrected chi connectivity index (χ0v) is 11.2. The molecule has 0 aromatic carbocycles. The normalized spacial score (nSPS) is 66.4. The second-order valence-electron chi connectivity index (χ2n) is 7.77. The molecule has 1 saturated carbocycles. The summed E-state index contributed by atoms with van der Waals surface area (Å²) in [6, 6.07) is 0. The number of hydrogen-bond donors (Lipinski definition) is 0. The molecule has 6 unspecified atom stereocenters. The third kappa shape index (κ3) is 0.513. The lowest BCUT2D eigenvalue weighted by Gasteiger charge is -2.51. The lowest BCUT2D eigenvalue weighted by atomic mass is 9.50. The summed E-state index contributed by atoms with van der Waals surface area (Å²) in [7, 11) is 0. The summed E-state index contributed by atoms with van der Waals surface area (Å²) in [5.41, 5.74) is 2.71. The van der Waals surface area contributed by atoms with Crippen LogP contribution in [0.1, 0.15) is 0 Å². The van der Waals surface area contributed by atoms with Crippen molar-refractivity contribution < 1.29 is 0 Å². The van der Waals surface area contributed by atoms with Crippen LogP contribution in [0.5, 0.6) is 0 Å². The first-order valence-corrected chi connectivity index (χ1v) is 8.01. The fraction of sp³-hybridized carbons (Fsp3) is 0.400. The van der Waals surface area contributed by atoms with E-state index < -0.39 is 0 Å². The van der Waals surface area contributed by atoms with E-state index in [1.807, 2.05) is 0 Å². The Labute approximate surface area is 118 Å². The third-order valence-electron chi connectivity index (χ3n) is 8.00. The van der Waals surface area contributed by atoms with E-state index in [-0.39, 0.29) is 5.41 Å². The highest BCUT2D eigenvalue weighted by Gasteiger charge is 2.84. The molecule has 0 amide bonds. The molecule has 0 saturated heterocycles. The average Bonchev–Trinajstić information content (AvgIpc) is 3.19. The summed E-state index contributed by atoms with van der Waals surface area (Å²) in [6.07, 6.45) is 27.9. The van der Waals surface area contributed by atoms with Crippen molar-refractivity contribution in [2.45, 2.75) is 0 Å². The van der Waals surface area contributed by atoms with Crippen LogP contribution in [0.15, 0.2) is 72.4 Å². The van der Waals surface area contributed by atoms with Crippen LogP contribution in [0, 0.1) is 45.8 Å². The predicted octanol–water partition coefficient (Wildman–Crippen LogP) is 3.83. The van der Waals surface area contributed by atoms with Crippen LogP contribution in [0.3, 0.4) is 0 Å². The molecule has 0 nitrogen and oxygen atoms in total. The lowest BCUT2D eigenvalue weighted by molar-refractivity contribution is 0.0491. The van der Waals surface area contributed by atoms with Crippen LogP contribution >= 0.6 is 0 Å². The van der Waals surface area contributed by atoms with E-state index >= 15 is 0 Å². The largest absolute Gasteiger partial charge is 0.0832 e. The Morgan fingerprint density at radius 1 is 0.700 bits per heavy atom. The number of rotatable bonds is 0. The summed E-state index contributed by atoms with van der Waals surface area (Å²) in [6.45, 7) is 0. The van der Waals surface area contributed by atoms with Crippen molar-refractivity contribution in [3.8, 4) is 0 Å². The zero-order chi connectivity index (χ0) is 12.7. The van der Waals surface area contributed by atoms with Crippen molar-refractivity contribution in [2.24, 2.45) is 45.8 Å². The van der Waals surface area contributed by atoms with Gasteiger partial charge in [-0.2, -0.15) is 0 Å². The Bertz CT molecular complexity index is 744. The van der Waals surface area contributed by atoms with Gasteiger partial charge in [0.2, 0.25) is 0 Å². The monoisotopic (exact) mass is 256 g/mol. The standard InChI is InChI=1S/C20H16/c1-2-14-8-10-18-9-7-13(1)19(14,18)17-11-15-4-3-12-5-6-16(17)20(12,15)18/h1-14,16-17H. The minimum atomic E-state index is 0.288. The van der Waals surface area contributed by atoms with Gasteiger partial charge in [0.15, 0.2) is 0 Å². The Balaban J connectivity index is 1.69. The van der Waals surface area contributed by atoms with E-state index in [0.717, 1.165) is 11.8 Å². The van der Waals surface area contributed by atoms with E-state index in [1.165, 1.54) is 0 Å². The Morgan fingerprint density at radius 3 is 2.25 bits per heavy atom. The van der Waals surface area contributed by atoms with Crippen LogP contribution in [0.2, 0.25) is 0 Å². The average molecular weight is 256 g/mol. The topological polar surface area (TPSA) is 0 Å². The van der Waals surface area contributed by atoms with Crippen LogP contribution < -0.4 is 0 Å². The fourth-order valence-electron chi connectivity index (χ4n) is 7.82. The molecular weight excluding hydrogens is 240 g/mol. The van der Waals surface area contributed by atoms with Crippen molar-refractivity contribution in [3.05, 3.63) is 72.4 Å². The molecule has 0 aliphatic heterocycles. The van der Waals surface area contributed by atoms with Crippen LogP contribution in [0.25, 0.3) is 0 Å². The number of allylic oxidation sites excluding steroid dienone is 12. The second-order valence-corrected chi connectivity index (χ2v) is 7.77. The van der Waals surface area contributed by atoms with Crippen molar-refractivity contribution in [3.63, 3.8) is 0 Å². The van der Waals surface area contributed by atoms with Gasteiger partial charge in [-0.05, 0) is 17.4 Å². The third-order valence-corrected chi connectivity index (χ3v) is 8.00. The SMILES string of the molecule is C1=CC2C=CC3C4C=C1C23C12C=CC3C=CC(C=C1)C342. The lowest BCUT2D eigenvalue weighted by Crippen LogP contribution is -2.49. The highest BCUT2D eigenvalue weighted by molar-refractivity contribution is 5.64. The van der Waals surface area contributed by atoms with E-state index in [1.54, 1.807) is 5.57 Å². The van der Waals surface area contributed by atoms with Gasteiger partial charge in [-0.3, -0.25) is 0 Å². The summed E-state index contributed by atoms with van der Waals surface area (Å²) in [5.74, 6) is 3.45. The molecule has 96 valence electrons. The Hall–Kier alpha value is -1.56. The van der Waals surface area contributed by atoms with E-state index in [0.29, 0.717) is 28.6 Å². The molecule has 0 radical (unpaired) electrons.